The lowest BCUT2D eigenvalue weighted by Gasteiger charge is -1.87. The van der Waals surface area contributed by atoms with Gasteiger partial charge in [0.25, 0.3) is 0 Å². The maximum Gasteiger partial charge on any atom is 0.0412 e. The van der Waals surface area contributed by atoms with Gasteiger partial charge < -0.3 is 0 Å². The Kier molecular flexibility index (Phi) is 4.27. The molecule has 4 rings (SSSR count). The predicted molar refractivity (Wildman–Crippen MR) is 105 cm³/mol. The Morgan fingerprint density at radius 2 is 0.538 bits per heavy atom. The number of hydrogen-bond acceptors (Lipinski definition) is 0. The lowest BCUT2D eigenvalue weighted by atomic mass is 10.2. The molecule has 0 saturated heterocycles. The molecule has 0 aliphatic carbocycles. The minimum atomic E-state index is 0.878. The van der Waals surface area contributed by atoms with Crippen LogP contribution in [0.4, 0.5) is 0 Å². The Morgan fingerprint density at radius 3 is 0.808 bits per heavy atom. The minimum Gasteiger partial charge on any atom is -0.0609 e. The van der Waals surface area contributed by atoms with Gasteiger partial charge in [0.15, 0.2) is 0 Å². The topological polar surface area (TPSA) is 0 Å². The zero-order chi connectivity index (χ0) is 17.6. The van der Waals surface area contributed by atoms with Crippen molar-refractivity contribution in [3.05, 3.63) is 121 Å². The van der Waals surface area contributed by atoms with E-state index in [0.29, 0.717) is 0 Å². The first-order valence-corrected chi connectivity index (χ1v) is 8.23. The molecule has 0 nitrogen and oxygen atoms in total. The zero-order valence-corrected chi connectivity index (χ0v) is 13.9. The molecule has 0 aliphatic heterocycles. The lowest BCUT2D eigenvalue weighted by Crippen LogP contribution is -1.65. The SMILES string of the molecule is c1c#cc2ccccc2c#cc2ccccc2c#cc2ccccc2c#1. The van der Waals surface area contributed by atoms with E-state index in [1.165, 1.54) is 0 Å². The standard InChI is InChI=1S/C26H12/c1-2-10-22-12-4-6-14-24(22)18-20-26-16-8-7-15-25(26)19-17-23-13-5-3-11-21(23)9-1/h3-8,11-16H. The van der Waals surface area contributed by atoms with Crippen LogP contribution in [0.1, 0.15) is 0 Å². The van der Waals surface area contributed by atoms with Crippen molar-refractivity contribution in [1.29, 1.82) is 0 Å². The molecule has 0 atom stereocenters. The normalized spacial score (nSPS) is 9.08. The smallest absolute Gasteiger partial charge is 0.0412 e. The first kappa shape index (κ1) is 15.4. The van der Waals surface area contributed by atoms with Crippen LogP contribution >= 0.6 is 0 Å². The number of fused-ring (bicyclic) bond motifs is 3. The average Bonchev–Trinajstić information content (AvgIpc) is 2.69. The third kappa shape index (κ3) is 3.37. The van der Waals surface area contributed by atoms with Gasteiger partial charge in [-0.15, -0.1) is 0 Å². The van der Waals surface area contributed by atoms with Gasteiger partial charge in [-0.25, -0.2) is 0 Å². The fourth-order valence-corrected chi connectivity index (χ4v) is 2.57. The van der Waals surface area contributed by atoms with Gasteiger partial charge in [-0.2, -0.15) is 0 Å². The van der Waals surface area contributed by atoms with Crippen molar-refractivity contribution < 1.29 is 0 Å². The van der Waals surface area contributed by atoms with Crippen molar-refractivity contribution in [1.82, 2.24) is 0 Å². The summed E-state index contributed by atoms with van der Waals surface area (Å²) in [6.45, 7) is 0. The summed E-state index contributed by atoms with van der Waals surface area (Å²) in [6, 6.07) is 48.7. The van der Waals surface area contributed by atoms with E-state index in [-0.39, 0.29) is 0 Å². The molecule has 116 valence electrons. The Balaban J connectivity index is 2.13. The second kappa shape index (κ2) is 7.20. The van der Waals surface area contributed by atoms with Gasteiger partial charge in [-0.05, 0) is 48.5 Å². The molecule has 0 heteroatoms. The van der Waals surface area contributed by atoms with Crippen LogP contribution in [-0.4, -0.2) is 0 Å². The Hall–Kier alpha value is -4.10. The summed E-state index contributed by atoms with van der Waals surface area (Å²) >= 11 is 0. The summed E-state index contributed by atoms with van der Waals surface area (Å²) < 4.78 is 0. The van der Waals surface area contributed by atoms with E-state index in [2.05, 4.69) is 48.5 Å². The van der Waals surface area contributed by atoms with Crippen molar-refractivity contribution in [3.8, 4) is 0 Å². The van der Waals surface area contributed by atoms with E-state index >= 15 is 0 Å². The zero-order valence-electron chi connectivity index (χ0n) is 13.9. The van der Waals surface area contributed by atoms with E-state index in [9.17, 15) is 0 Å². The molecule has 0 fully saturated rings. The molecule has 0 aliphatic rings. The second-order valence-corrected chi connectivity index (χ2v) is 5.64. The average molecular weight is 324 g/mol. The third-order valence-corrected chi connectivity index (χ3v) is 3.90. The van der Waals surface area contributed by atoms with Crippen LogP contribution in [0.3, 0.4) is 0 Å². The van der Waals surface area contributed by atoms with Crippen LogP contribution in [0.15, 0.2) is 72.8 Å². The van der Waals surface area contributed by atoms with Crippen LogP contribution in [-0.2, 0) is 0 Å². The highest BCUT2D eigenvalue weighted by molar-refractivity contribution is 5.82. The molecular weight excluding hydrogens is 312 g/mol. The van der Waals surface area contributed by atoms with E-state index in [0.717, 1.165) is 32.3 Å². The molecule has 0 unspecified atom stereocenters. The summed E-state index contributed by atoms with van der Waals surface area (Å²) in [5.41, 5.74) is 0. The van der Waals surface area contributed by atoms with Gasteiger partial charge in [0, 0.05) is 32.3 Å². The Labute approximate surface area is 154 Å². The van der Waals surface area contributed by atoms with Gasteiger partial charge in [0.2, 0.25) is 0 Å². The van der Waals surface area contributed by atoms with Crippen molar-refractivity contribution in [2.24, 2.45) is 0 Å². The van der Waals surface area contributed by atoms with Gasteiger partial charge in [0.05, 0.1) is 0 Å². The highest BCUT2D eigenvalue weighted by atomic mass is 13.9. The van der Waals surface area contributed by atoms with Crippen LogP contribution in [0.5, 0.6) is 0 Å². The monoisotopic (exact) mass is 324 g/mol. The highest BCUT2D eigenvalue weighted by Crippen LogP contribution is 2.09. The van der Waals surface area contributed by atoms with E-state index in [1.807, 2.05) is 72.8 Å². The molecule has 0 amide bonds. The molecule has 0 saturated carbocycles. The summed E-state index contributed by atoms with van der Waals surface area (Å²) in [7, 11) is 0. The highest BCUT2D eigenvalue weighted by Gasteiger charge is 1.87. The maximum absolute atomic E-state index is 3.24. The number of hydrogen-bond donors (Lipinski definition) is 0. The molecule has 4 aromatic carbocycles. The summed E-state index contributed by atoms with van der Waals surface area (Å²) in [5.74, 6) is 0. The predicted octanol–water partition coefficient (Wildman–Crippen LogP) is 5.80. The largest absolute Gasteiger partial charge is 0.0609 e. The van der Waals surface area contributed by atoms with Gasteiger partial charge in [-0.3, -0.25) is 0 Å². The quantitative estimate of drug-likeness (QED) is 0.384. The van der Waals surface area contributed by atoms with Crippen LogP contribution in [0.2, 0.25) is 0 Å². The number of rotatable bonds is 0. The molecule has 26 heavy (non-hydrogen) atoms. The van der Waals surface area contributed by atoms with Crippen molar-refractivity contribution in [2.75, 3.05) is 0 Å². The van der Waals surface area contributed by atoms with Crippen LogP contribution < -0.4 is 0 Å². The Morgan fingerprint density at radius 1 is 0.308 bits per heavy atom. The molecular formula is C26H12. The third-order valence-electron chi connectivity index (χ3n) is 3.90. The van der Waals surface area contributed by atoms with Crippen molar-refractivity contribution >= 4 is 32.3 Å². The Bertz CT molecular complexity index is 1090. The van der Waals surface area contributed by atoms with E-state index in [4.69, 9.17) is 0 Å². The fourth-order valence-electron chi connectivity index (χ4n) is 2.57. The van der Waals surface area contributed by atoms with Gasteiger partial charge in [0.1, 0.15) is 0 Å². The van der Waals surface area contributed by atoms with Gasteiger partial charge >= 0.3 is 0 Å². The minimum absolute atomic E-state index is 0.878. The molecule has 0 bridgehead atoms. The molecule has 4 aromatic rings. The lowest BCUT2D eigenvalue weighted by molar-refractivity contribution is 1.79. The fraction of sp³-hybridized carbons (Fsp3) is 0. The van der Waals surface area contributed by atoms with Gasteiger partial charge in [-0.1, -0.05) is 72.8 Å². The molecule has 0 spiro atoms. The maximum atomic E-state index is 3.24. The summed E-state index contributed by atoms with van der Waals surface area (Å²) in [5, 5.41) is 5.35. The second-order valence-electron chi connectivity index (χ2n) is 5.64. The molecule has 0 aromatic heterocycles. The van der Waals surface area contributed by atoms with Crippen molar-refractivity contribution in [3.63, 3.8) is 0 Å². The van der Waals surface area contributed by atoms with Crippen LogP contribution in [0, 0.1) is 48.5 Å². The summed E-state index contributed by atoms with van der Waals surface area (Å²) in [6.07, 6.45) is 0. The first-order valence-electron chi connectivity index (χ1n) is 8.23. The molecule has 0 heterocycles. The first-order chi connectivity index (χ1) is 12.9. The molecule has 0 radical (unpaired) electrons. The summed E-state index contributed by atoms with van der Waals surface area (Å²) in [4.78, 5) is 0. The van der Waals surface area contributed by atoms with Crippen molar-refractivity contribution in [2.45, 2.75) is 0 Å². The van der Waals surface area contributed by atoms with Crippen LogP contribution in [0.25, 0.3) is 32.3 Å². The van der Waals surface area contributed by atoms with E-state index < -0.39 is 0 Å². The number of benzene rings is 3. The van der Waals surface area contributed by atoms with E-state index in [1.54, 1.807) is 0 Å². The molecule has 0 N–H and O–H groups in total.